The minimum atomic E-state index is -0.321. The molecule has 30 heavy (non-hydrogen) atoms. The third-order valence-corrected chi connectivity index (χ3v) is 6.73. The van der Waals surface area contributed by atoms with Gasteiger partial charge in [-0.3, -0.25) is 9.59 Å². The van der Waals surface area contributed by atoms with E-state index in [9.17, 15) is 9.59 Å². The van der Waals surface area contributed by atoms with E-state index < -0.39 is 0 Å². The summed E-state index contributed by atoms with van der Waals surface area (Å²) in [4.78, 5) is 27.7. The number of rotatable bonds is 3. The number of hydrogen-bond acceptors (Lipinski definition) is 5. The summed E-state index contributed by atoms with van der Waals surface area (Å²) in [5.74, 6) is 0.729. The van der Waals surface area contributed by atoms with Gasteiger partial charge in [-0.05, 0) is 40.8 Å². The number of benzene rings is 1. The van der Waals surface area contributed by atoms with Crippen LogP contribution in [0.1, 0.15) is 40.5 Å². The topological polar surface area (TPSA) is 80.4 Å². The lowest BCUT2D eigenvalue weighted by atomic mass is 9.81. The van der Waals surface area contributed by atoms with Gasteiger partial charge in [0.25, 0.3) is 5.91 Å². The van der Waals surface area contributed by atoms with E-state index >= 15 is 0 Å². The van der Waals surface area contributed by atoms with E-state index in [4.69, 9.17) is 9.47 Å². The molecule has 4 heterocycles. The fraction of sp³-hybridized carbons (Fsp3) is 0.304. The van der Waals surface area contributed by atoms with E-state index in [0.717, 1.165) is 35.3 Å². The molecule has 6 nitrogen and oxygen atoms in total. The molecule has 1 atom stereocenters. The van der Waals surface area contributed by atoms with Crippen molar-refractivity contribution >= 4 is 17.2 Å². The summed E-state index contributed by atoms with van der Waals surface area (Å²) in [7, 11) is 0. The molecular weight excluding hydrogens is 400 g/mol. The van der Waals surface area contributed by atoms with Crippen molar-refractivity contribution in [2.45, 2.75) is 30.9 Å². The first-order chi connectivity index (χ1) is 14.6. The quantitative estimate of drug-likeness (QED) is 0.671. The van der Waals surface area contributed by atoms with E-state index in [2.05, 4.69) is 16.4 Å². The minimum absolute atomic E-state index is 0.0699. The Morgan fingerprint density at radius 1 is 1.13 bits per heavy atom. The van der Waals surface area contributed by atoms with Crippen LogP contribution >= 0.6 is 11.3 Å². The Labute approximate surface area is 177 Å². The lowest BCUT2D eigenvalue weighted by Crippen LogP contribution is -2.48. The fourth-order valence-corrected chi connectivity index (χ4v) is 4.88. The molecule has 0 saturated carbocycles. The van der Waals surface area contributed by atoms with Gasteiger partial charge in [0, 0.05) is 37.1 Å². The van der Waals surface area contributed by atoms with Crippen molar-refractivity contribution in [2.24, 2.45) is 0 Å². The van der Waals surface area contributed by atoms with Gasteiger partial charge >= 0.3 is 0 Å². The van der Waals surface area contributed by atoms with Gasteiger partial charge in [-0.1, -0.05) is 12.1 Å². The number of pyridine rings is 1. The van der Waals surface area contributed by atoms with Crippen molar-refractivity contribution in [2.75, 3.05) is 13.2 Å². The summed E-state index contributed by atoms with van der Waals surface area (Å²) >= 11 is 1.43. The molecule has 5 rings (SSSR count). The fourth-order valence-electron chi connectivity index (χ4n) is 4.26. The van der Waals surface area contributed by atoms with Gasteiger partial charge in [-0.25, -0.2) is 0 Å². The number of aromatic amines is 1. The van der Waals surface area contributed by atoms with Gasteiger partial charge in [0.1, 0.15) is 11.4 Å². The van der Waals surface area contributed by atoms with Crippen LogP contribution in [0.3, 0.4) is 0 Å². The molecule has 1 saturated heterocycles. The summed E-state index contributed by atoms with van der Waals surface area (Å²) < 4.78 is 12.0. The SMILES string of the molecule is O=C(NC1CC2(CCOCC2)Oc2ccc(-c3ccc(=O)[nH]c3)cc21)c1cccs1. The first-order valence-electron chi connectivity index (χ1n) is 10.1. The van der Waals surface area contributed by atoms with Gasteiger partial charge < -0.3 is 19.8 Å². The molecule has 0 bridgehead atoms. The molecule has 1 amide bonds. The summed E-state index contributed by atoms with van der Waals surface area (Å²) in [6, 6.07) is 12.9. The van der Waals surface area contributed by atoms with Crippen LogP contribution < -0.4 is 15.6 Å². The molecule has 1 fully saturated rings. The van der Waals surface area contributed by atoms with Gasteiger partial charge in [0.15, 0.2) is 0 Å². The molecule has 1 unspecified atom stereocenters. The number of carbonyl (C=O) groups excluding carboxylic acids is 1. The van der Waals surface area contributed by atoms with Gasteiger partial charge in [0.2, 0.25) is 5.56 Å². The minimum Gasteiger partial charge on any atom is -0.487 e. The zero-order chi connectivity index (χ0) is 20.6. The Hall–Kier alpha value is -2.90. The molecule has 2 aromatic heterocycles. The molecule has 154 valence electrons. The number of H-pyrrole nitrogens is 1. The number of amides is 1. The second kappa shape index (κ2) is 7.74. The highest BCUT2D eigenvalue weighted by Gasteiger charge is 2.43. The number of ether oxygens (including phenoxy) is 2. The van der Waals surface area contributed by atoms with Crippen LogP contribution in [0.15, 0.2) is 58.8 Å². The largest absolute Gasteiger partial charge is 0.487 e. The maximum absolute atomic E-state index is 12.8. The van der Waals surface area contributed by atoms with Crippen LogP contribution in [0.2, 0.25) is 0 Å². The molecular formula is C23H22N2O4S. The zero-order valence-corrected chi connectivity index (χ0v) is 17.2. The smallest absolute Gasteiger partial charge is 0.261 e. The average molecular weight is 423 g/mol. The van der Waals surface area contributed by atoms with Crippen LogP contribution in [-0.4, -0.2) is 29.7 Å². The Balaban J connectivity index is 1.52. The number of nitrogens with one attached hydrogen (secondary N) is 2. The van der Waals surface area contributed by atoms with Gasteiger partial charge in [-0.15, -0.1) is 11.3 Å². The predicted octanol–water partition coefficient (Wildman–Crippen LogP) is 3.91. The van der Waals surface area contributed by atoms with Gasteiger partial charge in [-0.2, -0.15) is 0 Å². The number of fused-ring (bicyclic) bond motifs is 1. The van der Waals surface area contributed by atoms with Crippen molar-refractivity contribution in [1.29, 1.82) is 0 Å². The van der Waals surface area contributed by atoms with E-state index in [1.54, 1.807) is 12.3 Å². The maximum atomic E-state index is 12.8. The van der Waals surface area contributed by atoms with Crippen molar-refractivity contribution < 1.29 is 14.3 Å². The van der Waals surface area contributed by atoms with Crippen LogP contribution in [0, 0.1) is 0 Å². The molecule has 3 aromatic rings. The molecule has 2 aliphatic heterocycles. The molecule has 7 heteroatoms. The molecule has 1 spiro atoms. The molecule has 0 aliphatic carbocycles. The Kier molecular flexibility index (Phi) is 4.92. The summed E-state index contributed by atoms with van der Waals surface area (Å²) in [6.07, 6.45) is 4.02. The van der Waals surface area contributed by atoms with Crippen molar-refractivity contribution in [3.8, 4) is 16.9 Å². The van der Waals surface area contributed by atoms with Gasteiger partial charge in [0.05, 0.1) is 24.1 Å². The third kappa shape index (κ3) is 3.66. The molecule has 0 radical (unpaired) electrons. The van der Waals surface area contributed by atoms with Crippen LogP contribution in [-0.2, 0) is 4.74 Å². The normalized spacial score (nSPS) is 19.7. The van der Waals surface area contributed by atoms with E-state index in [0.29, 0.717) is 24.5 Å². The monoisotopic (exact) mass is 422 g/mol. The van der Waals surface area contributed by atoms with Crippen LogP contribution in [0.5, 0.6) is 5.75 Å². The maximum Gasteiger partial charge on any atom is 0.261 e. The Bertz CT molecular complexity index is 1100. The molecule has 2 aliphatic rings. The lowest BCUT2D eigenvalue weighted by Gasteiger charge is -2.44. The second-order valence-corrected chi connectivity index (χ2v) is 8.75. The first-order valence-corrected chi connectivity index (χ1v) is 10.9. The third-order valence-electron chi connectivity index (χ3n) is 5.86. The number of aromatic nitrogens is 1. The number of carbonyl (C=O) groups is 1. The zero-order valence-electron chi connectivity index (χ0n) is 16.4. The number of thiophene rings is 1. The predicted molar refractivity (Wildman–Crippen MR) is 115 cm³/mol. The van der Waals surface area contributed by atoms with Crippen molar-refractivity contribution in [1.82, 2.24) is 10.3 Å². The highest BCUT2D eigenvalue weighted by atomic mass is 32.1. The Morgan fingerprint density at radius 3 is 2.70 bits per heavy atom. The molecule has 2 N–H and O–H groups in total. The average Bonchev–Trinajstić information content (AvgIpc) is 3.30. The highest BCUT2D eigenvalue weighted by molar-refractivity contribution is 7.12. The van der Waals surface area contributed by atoms with E-state index in [1.165, 1.54) is 17.4 Å². The van der Waals surface area contributed by atoms with E-state index in [1.807, 2.05) is 29.6 Å². The second-order valence-electron chi connectivity index (χ2n) is 7.80. The van der Waals surface area contributed by atoms with Crippen molar-refractivity contribution in [3.05, 3.63) is 74.8 Å². The summed E-state index contributed by atoms with van der Waals surface area (Å²) in [5, 5.41) is 5.13. The van der Waals surface area contributed by atoms with Crippen LogP contribution in [0.25, 0.3) is 11.1 Å². The lowest BCUT2D eigenvalue weighted by molar-refractivity contribution is -0.0639. The standard InChI is InChI=1S/C23H22N2O4S/c26-21-6-4-16(14-24-21)15-3-5-19-17(12-15)18(25-22(27)20-2-1-11-30-20)13-23(29-19)7-9-28-10-8-23/h1-6,11-12,14,18H,7-10,13H2,(H,24,26)(H,25,27). The van der Waals surface area contributed by atoms with Crippen molar-refractivity contribution in [3.63, 3.8) is 0 Å². The number of hydrogen-bond donors (Lipinski definition) is 2. The van der Waals surface area contributed by atoms with E-state index in [-0.39, 0.29) is 23.1 Å². The summed E-state index contributed by atoms with van der Waals surface area (Å²) in [6.45, 7) is 1.33. The summed E-state index contributed by atoms with van der Waals surface area (Å²) in [5.41, 5.74) is 2.38. The molecule has 1 aromatic carbocycles. The highest BCUT2D eigenvalue weighted by Crippen LogP contribution is 2.45. The Morgan fingerprint density at radius 2 is 1.97 bits per heavy atom. The first kappa shape index (κ1) is 19.1. The van der Waals surface area contributed by atoms with Crippen LogP contribution in [0.4, 0.5) is 0 Å².